The molecule has 17 nitrogen and oxygen atoms in total. The van der Waals surface area contributed by atoms with Gasteiger partial charge in [0.1, 0.15) is 19.3 Å². The number of ether oxygens (including phenoxy) is 4. The summed E-state index contributed by atoms with van der Waals surface area (Å²) in [5, 5.41) is 10.6. The lowest BCUT2D eigenvalue weighted by atomic mass is 9.99. The zero-order chi connectivity index (χ0) is 69.6. The van der Waals surface area contributed by atoms with E-state index < -0.39 is 97.5 Å². The van der Waals surface area contributed by atoms with Crippen LogP contribution in [0, 0.1) is 23.7 Å². The zero-order valence-corrected chi connectivity index (χ0v) is 63.4. The fourth-order valence-corrected chi connectivity index (χ4v) is 12.9. The van der Waals surface area contributed by atoms with Gasteiger partial charge in [-0.05, 0) is 49.4 Å². The first kappa shape index (κ1) is 92.1. The first-order valence-corrected chi connectivity index (χ1v) is 41.8. The number of rotatable bonds is 72. The van der Waals surface area contributed by atoms with Crippen LogP contribution in [-0.4, -0.2) is 96.7 Å². The Morgan fingerprint density at radius 1 is 0.298 bits per heavy atom. The number of phosphoric ester groups is 2. The van der Waals surface area contributed by atoms with Crippen molar-refractivity contribution in [3.63, 3.8) is 0 Å². The number of hydrogen-bond acceptors (Lipinski definition) is 15. The number of unbranched alkanes of at least 4 members (excludes halogenated alkanes) is 36. The number of esters is 4. The highest BCUT2D eigenvalue weighted by atomic mass is 31.2. The van der Waals surface area contributed by atoms with E-state index in [1.165, 1.54) is 180 Å². The van der Waals surface area contributed by atoms with Crippen molar-refractivity contribution >= 4 is 39.5 Å². The molecule has 19 heteroatoms. The molecule has 3 N–H and O–H groups in total. The summed E-state index contributed by atoms with van der Waals surface area (Å²) in [5.41, 5.74) is 0. The maximum Gasteiger partial charge on any atom is 0.472 e. The molecule has 0 aromatic rings. The van der Waals surface area contributed by atoms with E-state index in [1.807, 2.05) is 0 Å². The van der Waals surface area contributed by atoms with Crippen molar-refractivity contribution in [3.05, 3.63) is 0 Å². The quantitative estimate of drug-likeness (QED) is 0.0222. The minimum Gasteiger partial charge on any atom is -0.462 e. The van der Waals surface area contributed by atoms with E-state index in [9.17, 15) is 43.2 Å². The van der Waals surface area contributed by atoms with Gasteiger partial charge in [-0.15, -0.1) is 0 Å². The van der Waals surface area contributed by atoms with Crippen LogP contribution in [0.1, 0.15) is 376 Å². The Kier molecular flexibility index (Phi) is 63.1. The Bertz CT molecular complexity index is 1850. The van der Waals surface area contributed by atoms with Crippen LogP contribution >= 0.6 is 15.6 Å². The number of aliphatic hydroxyl groups excluding tert-OH is 1. The van der Waals surface area contributed by atoms with E-state index in [0.29, 0.717) is 25.7 Å². The molecule has 0 amide bonds. The van der Waals surface area contributed by atoms with Crippen molar-refractivity contribution in [2.75, 3.05) is 39.6 Å². The van der Waals surface area contributed by atoms with Gasteiger partial charge in [-0.2, -0.15) is 0 Å². The third-order valence-electron chi connectivity index (χ3n) is 18.0. The summed E-state index contributed by atoms with van der Waals surface area (Å²) in [6.07, 6.45) is 48.8. The largest absolute Gasteiger partial charge is 0.472 e. The van der Waals surface area contributed by atoms with Crippen LogP contribution < -0.4 is 0 Å². The Morgan fingerprint density at radius 3 is 0.755 bits per heavy atom. The van der Waals surface area contributed by atoms with Crippen LogP contribution in [0.3, 0.4) is 0 Å². The van der Waals surface area contributed by atoms with E-state index in [0.717, 1.165) is 114 Å². The average Bonchev–Trinajstić information content (AvgIpc) is 1.48. The summed E-state index contributed by atoms with van der Waals surface area (Å²) >= 11 is 0. The molecule has 0 aromatic heterocycles. The standard InChI is InChI=1S/C75H146O17P2/c1-9-67(7)53-45-37-29-24-26-32-41-49-57-74(79)91-70(61-86-73(78)56-48-40-31-25-23-28-36-44-52-66(5)6)63-89-93(81,82)87-59-69(76)60-88-94(83,84)90-64-71(92-75(80)58-50-42-34-33-38-46-54-68(8)10-2)62-85-72(77)55-47-39-30-22-20-18-16-14-12-11-13-15-17-19-21-27-35-43-51-65(3)4/h65-71,76H,9-64H2,1-8H3,(H,81,82)(H,83,84)/t67?,68?,69?,70-,71-/m1/s1. The lowest BCUT2D eigenvalue weighted by Crippen LogP contribution is -2.30. The van der Waals surface area contributed by atoms with E-state index in [2.05, 4.69) is 55.4 Å². The molecule has 0 heterocycles. The third kappa shape index (κ3) is 66.0. The number of aliphatic hydroxyl groups is 1. The number of carbonyl (C=O) groups is 4. The molecular weight excluding hydrogens is 1230 g/mol. The maximum atomic E-state index is 13.0. The highest BCUT2D eigenvalue weighted by molar-refractivity contribution is 7.47. The minimum absolute atomic E-state index is 0.103. The lowest BCUT2D eigenvalue weighted by molar-refractivity contribution is -0.161. The highest BCUT2D eigenvalue weighted by Crippen LogP contribution is 2.45. The zero-order valence-electron chi connectivity index (χ0n) is 61.6. The van der Waals surface area contributed by atoms with Gasteiger partial charge >= 0.3 is 39.5 Å². The summed E-state index contributed by atoms with van der Waals surface area (Å²) in [5.74, 6) is 0.911. The Labute approximate surface area is 575 Å². The van der Waals surface area contributed by atoms with Gasteiger partial charge in [-0.3, -0.25) is 37.3 Å². The first-order valence-electron chi connectivity index (χ1n) is 38.8. The smallest absolute Gasteiger partial charge is 0.462 e. The van der Waals surface area contributed by atoms with E-state index in [-0.39, 0.29) is 25.7 Å². The molecule has 0 aliphatic heterocycles. The molecule has 0 rings (SSSR count). The molecule has 94 heavy (non-hydrogen) atoms. The van der Waals surface area contributed by atoms with Gasteiger partial charge in [0.05, 0.1) is 26.4 Å². The molecule has 0 aliphatic rings. The summed E-state index contributed by atoms with van der Waals surface area (Å²) in [7, 11) is -9.91. The minimum atomic E-state index is -4.96. The van der Waals surface area contributed by atoms with Gasteiger partial charge in [-0.25, -0.2) is 9.13 Å². The monoisotopic (exact) mass is 1380 g/mol. The molecule has 0 aromatic carbocycles. The number of hydrogen-bond donors (Lipinski definition) is 3. The van der Waals surface area contributed by atoms with Crippen molar-refractivity contribution in [1.82, 2.24) is 0 Å². The van der Waals surface area contributed by atoms with Gasteiger partial charge in [0.2, 0.25) is 0 Å². The summed E-state index contributed by atoms with van der Waals surface area (Å²) in [4.78, 5) is 72.7. The molecular formula is C75H146O17P2. The fourth-order valence-electron chi connectivity index (χ4n) is 11.3. The predicted molar refractivity (Wildman–Crippen MR) is 381 cm³/mol. The number of phosphoric acid groups is 2. The summed E-state index contributed by atoms with van der Waals surface area (Å²) in [6, 6.07) is 0. The van der Waals surface area contributed by atoms with Crippen LogP contribution in [0.5, 0.6) is 0 Å². The van der Waals surface area contributed by atoms with Crippen molar-refractivity contribution in [1.29, 1.82) is 0 Å². The fraction of sp³-hybridized carbons (Fsp3) is 0.947. The SMILES string of the molecule is CCC(C)CCCCCCCCCCC(=O)O[C@H](COC(=O)CCCCCCCCCCC(C)C)COP(=O)(O)OCC(O)COP(=O)(O)OC[C@@H](COC(=O)CCCCCCCCCCCCCCCCCCCCC(C)C)OC(=O)CCCCCCCCC(C)CC. The Morgan fingerprint density at radius 2 is 0.511 bits per heavy atom. The van der Waals surface area contributed by atoms with Crippen LogP contribution in [-0.2, 0) is 65.4 Å². The molecule has 5 unspecified atom stereocenters. The lowest BCUT2D eigenvalue weighted by Gasteiger charge is -2.21. The van der Waals surface area contributed by atoms with E-state index >= 15 is 0 Å². The second-order valence-electron chi connectivity index (χ2n) is 28.5. The highest BCUT2D eigenvalue weighted by Gasteiger charge is 2.30. The van der Waals surface area contributed by atoms with Gasteiger partial charge < -0.3 is 33.8 Å². The van der Waals surface area contributed by atoms with Crippen LogP contribution in [0.4, 0.5) is 0 Å². The second-order valence-corrected chi connectivity index (χ2v) is 31.4. The number of carbonyl (C=O) groups excluding carboxylic acids is 4. The third-order valence-corrected chi connectivity index (χ3v) is 19.9. The average molecular weight is 1380 g/mol. The molecule has 0 saturated heterocycles. The van der Waals surface area contributed by atoms with Gasteiger partial charge in [-0.1, -0.05) is 325 Å². The first-order chi connectivity index (χ1) is 45.2. The topological polar surface area (TPSA) is 237 Å². The van der Waals surface area contributed by atoms with Crippen molar-refractivity contribution in [2.24, 2.45) is 23.7 Å². The predicted octanol–water partition coefficient (Wildman–Crippen LogP) is 21.7. The Balaban J connectivity index is 5.16. The summed E-state index contributed by atoms with van der Waals surface area (Å²) < 4.78 is 68.4. The van der Waals surface area contributed by atoms with Crippen molar-refractivity contribution < 1.29 is 80.2 Å². The molecule has 0 bridgehead atoms. The second kappa shape index (κ2) is 64.4. The molecule has 0 aliphatic carbocycles. The van der Waals surface area contributed by atoms with E-state index in [1.54, 1.807) is 0 Å². The van der Waals surface area contributed by atoms with Gasteiger partial charge in [0.25, 0.3) is 0 Å². The van der Waals surface area contributed by atoms with Crippen LogP contribution in [0.25, 0.3) is 0 Å². The molecule has 7 atom stereocenters. The molecule has 0 spiro atoms. The molecule has 0 saturated carbocycles. The molecule has 558 valence electrons. The van der Waals surface area contributed by atoms with Gasteiger partial charge in [0.15, 0.2) is 12.2 Å². The summed E-state index contributed by atoms with van der Waals surface area (Å²) in [6.45, 7) is 14.1. The van der Waals surface area contributed by atoms with Crippen molar-refractivity contribution in [2.45, 2.75) is 395 Å². The van der Waals surface area contributed by atoms with Crippen LogP contribution in [0.15, 0.2) is 0 Å². The maximum absolute atomic E-state index is 13.0. The van der Waals surface area contributed by atoms with Gasteiger partial charge in [0, 0.05) is 25.7 Å². The Hall–Kier alpha value is -1.94. The normalized spacial score (nSPS) is 14.7. The van der Waals surface area contributed by atoms with Crippen LogP contribution in [0.2, 0.25) is 0 Å². The molecule has 0 fully saturated rings. The molecule has 0 radical (unpaired) electrons. The van der Waals surface area contributed by atoms with E-state index in [4.69, 9.17) is 37.0 Å². The van der Waals surface area contributed by atoms with Crippen molar-refractivity contribution in [3.8, 4) is 0 Å².